The molecule has 17 heavy (non-hydrogen) atoms. The Bertz CT molecular complexity index is 439. The number of carbonyl (C=O) groups excluding carboxylic acids is 1. The summed E-state index contributed by atoms with van der Waals surface area (Å²) in [5.74, 6) is 0.901. The van der Waals surface area contributed by atoms with E-state index < -0.39 is 0 Å². The average Bonchev–Trinajstić information content (AvgIpc) is 2.74. The zero-order chi connectivity index (χ0) is 11.7. The molecule has 2 heterocycles. The van der Waals surface area contributed by atoms with Gasteiger partial charge in [-0.05, 0) is 6.07 Å². The molecule has 0 amide bonds. The molecule has 0 aliphatic carbocycles. The van der Waals surface area contributed by atoms with Crippen molar-refractivity contribution in [1.29, 1.82) is 0 Å². The zero-order valence-corrected chi connectivity index (χ0v) is 9.74. The van der Waals surface area contributed by atoms with Gasteiger partial charge in [-0.1, -0.05) is 12.1 Å². The smallest absolute Gasteiger partial charge is 0.203 e. The highest BCUT2D eigenvalue weighted by molar-refractivity contribution is 6.02. The minimum Gasteiger partial charge on any atom is -0.484 e. The Kier molecular flexibility index (Phi) is 2.82. The lowest BCUT2D eigenvalue weighted by atomic mass is 10.1. The Morgan fingerprint density at radius 3 is 2.94 bits per heavy atom. The van der Waals surface area contributed by atoms with Crippen LogP contribution in [0.1, 0.15) is 15.9 Å². The Morgan fingerprint density at radius 1 is 1.29 bits per heavy atom. The molecule has 2 aliphatic rings. The third-order valence-corrected chi connectivity index (χ3v) is 3.35. The molecule has 0 radical (unpaired) electrons. The summed E-state index contributed by atoms with van der Waals surface area (Å²) in [5.41, 5.74) is 1.88. The number of Topliss-reactive ketones (excluding diaryl/α,β-unsaturated/α-hetero) is 1. The SMILES string of the molecule is O=C1COc2c(CN3CCNCC3)cccc21. The normalized spacial score (nSPS) is 20.1. The van der Waals surface area contributed by atoms with Crippen LogP contribution in [0.4, 0.5) is 0 Å². The van der Waals surface area contributed by atoms with Gasteiger partial charge in [0.2, 0.25) is 5.78 Å². The van der Waals surface area contributed by atoms with Crippen molar-refractivity contribution in [2.45, 2.75) is 6.54 Å². The van der Waals surface area contributed by atoms with E-state index in [2.05, 4.69) is 16.3 Å². The van der Waals surface area contributed by atoms with E-state index in [0.717, 1.165) is 49.6 Å². The fraction of sp³-hybridized carbons (Fsp3) is 0.462. The predicted molar refractivity (Wildman–Crippen MR) is 64.4 cm³/mol. The molecule has 0 unspecified atom stereocenters. The van der Waals surface area contributed by atoms with Gasteiger partial charge in [-0.15, -0.1) is 0 Å². The number of rotatable bonds is 2. The van der Waals surface area contributed by atoms with Crippen LogP contribution in [0.15, 0.2) is 18.2 Å². The lowest BCUT2D eigenvalue weighted by molar-refractivity contribution is 0.0961. The van der Waals surface area contributed by atoms with E-state index in [0.29, 0.717) is 0 Å². The van der Waals surface area contributed by atoms with Crippen molar-refractivity contribution < 1.29 is 9.53 Å². The van der Waals surface area contributed by atoms with Crippen molar-refractivity contribution in [3.05, 3.63) is 29.3 Å². The summed E-state index contributed by atoms with van der Waals surface area (Å²) in [6.45, 7) is 5.25. The highest BCUT2D eigenvalue weighted by Crippen LogP contribution is 2.30. The van der Waals surface area contributed by atoms with Gasteiger partial charge in [0.25, 0.3) is 0 Å². The second-order valence-electron chi connectivity index (χ2n) is 4.53. The van der Waals surface area contributed by atoms with Crippen LogP contribution in [0, 0.1) is 0 Å². The Labute approximate surface area is 101 Å². The average molecular weight is 232 g/mol. The molecular formula is C13H16N2O2. The van der Waals surface area contributed by atoms with Crippen LogP contribution in [-0.2, 0) is 6.54 Å². The number of hydrogen-bond donors (Lipinski definition) is 1. The van der Waals surface area contributed by atoms with Gasteiger partial charge in [0, 0.05) is 38.3 Å². The summed E-state index contributed by atoms with van der Waals surface area (Å²) in [7, 11) is 0. The summed E-state index contributed by atoms with van der Waals surface area (Å²) in [5, 5.41) is 3.33. The van der Waals surface area contributed by atoms with E-state index in [9.17, 15) is 4.79 Å². The van der Waals surface area contributed by atoms with Gasteiger partial charge in [0.05, 0.1) is 5.56 Å². The maximum Gasteiger partial charge on any atom is 0.203 e. The van der Waals surface area contributed by atoms with Crippen molar-refractivity contribution in [2.75, 3.05) is 32.8 Å². The van der Waals surface area contributed by atoms with Crippen LogP contribution in [-0.4, -0.2) is 43.5 Å². The van der Waals surface area contributed by atoms with Crippen LogP contribution >= 0.6 is 0 Å². The first-order valence-corrected chi connectivity index (χ1v) is 6.05. The van der Waals surface area contributed by atoms with Crippen molar-refractivity contribution in [2.24, 2.45) is 0 Å². The van der Waals surface area contributed by atoms with Crippen LogP contribution in [0.2, 0.25) is 0 Å². The monoisotopic (exact) mass is 232 g/mol. The largest absolute Gasteiger partial charge is 0.484 e. The molecule has 4 nitrogen and oxygen atoms in total. The molecule has 0 saturated carbocycles. The van der Waals surface area contributed by atoms with Crippen LogP contribution in [0.25, 0.3) is 0 Å². The lowest BCUT2D eigenvalue weighted by Gasteiger charge is -2.27. The number of nitrogens with one attached hydrogen (secondary N) is 1. The first-order chi connectivity index (χ1) is 8.34. The fourth-order valence-electron chi connectivity index (χ4n) is 2.43. The molecular weight excluding hydrogens is 216 g/mol. The second kappa shape index (κ2) is 4.47. The molecule has 0 bridgehead atoms. The molecule has 3 rings (SSSR count). The molecule has 1 N–H and O–H groups in total. The number of para-hydroxylation sites is 1. The van der Waals surface area contributed by atoms with Crippen LogP contribution in [0.3, 0.4) is 0 Å². The number of nitrogens with zero attached hydrogens (tertiary/aromatic N) is 1. The third kappa shape index (κ3) is 2.06. The molecule has 1 saturated heterocycles. The lowest BCUT2D eigenvalue weighted by Crippen LogP contribution is -2.42. The highest BCUT2D eigenvalue weighted by Gasteiger charge is 2.24. The predicted octanol–water partition coefficient (Wildman–Crippen LogP) is 0.667. The number of piperazine rings is 1. The van der Waals surface area contributed by atoms with Gasteiger partial charge in [0.1, 0.15) is 5.75 Å². The van der Waals surface area contributed by atoms with Gasteiger partial charge in [0.15, 0.2) is 6.61 Å². The van der Waals surface area contributed by atoms with Crippen molar-refractivity contribution in [3.8, 4) is 5.75 Å². The minimum absolute atomic E-state index is 0.0992. The Hall–Kier alpha value is -1.39. The molecule has 0 spiro atoms. The molecule has 1 aromatic carbocycles. The Balaban J connectivity index is 1.81. The van der Waals surface area contributed by atoms with E-state index >= 15 is 0 Å². The van der Waals surface area contributed by atoms with Gasteiger partial charge in [-0.2, -0.15) is 0 Å². The number of fused-ring (bicyclic) bond motifs is 1. The van der Waals surface area contributed by atoms with Crippen molar-refractivity contribution in [3.63, 3.8) is 0 Å². The number of ketones is 1. The van der Waals surface area contributed by atoms with Gasteiger partial charge in [-0.3, -0.25) is 9.69 Å². The summed E-state index contributed by atoms with van der Waals surface area (Å²) < 4.78 is 5.49. The van der Waals surface area contributed by atoms with E-state index in [1.54, 1.807) is 0 Å². The number of benzene rings is 1. The summed E-state index contributed by atoms with van der Waals surface area (Å²) in [6.07, 6.45) is 0. The van der Waals surface area contributed by atoms with Gasteiger partial charge < -0.3 is 10.1 Å². The molecule has 1 aromatic rings. The maximum atomic E-state index is 11.6. The highest BCUT2D eigenvalue weighted by atomic mass is 16.5. The van der Waals surface area contributed by atoms with E-state index in [1.165, 1.54) is 0 Å². The van der Waals surface area contributed by atoms with E-state index in [1.807, 2.05) is 12.1 Å². The standard InChI is InChI=1S/C13H16N2O2/c16-12-9-17-13-10(2-1-3-11(12)13)8-15-6-4-14-5-7-15/h1-3,14H,4-9H2. The fourth-order valence-corrected chi connectivity index (χ4v) is 2.43. The minimum atomic E-state index is 0.0992. The van der Waals surface area contributed by atoms with E-state index in [-0.39, 0.29) is 12.4 Å². The summed E-state index contributed by atoms with van der Waals surface area (Å²) >= 11 is 0. The van der Waals surface area contributed by atoms with Crippen molar-refractivity contribution >= 4 is 5.78 Å². The topological polar surface area (TPSA) is 41.6 Å². The second-order valence-corrected chi connectivity index (χ2v) is 4.53. The van der Waals surface area contributed by atoms with Crippen LogP contribution < -0.4 is 10.1 Å². The third-order valence-electron chi connectivity index (χ3n) is 3.35. The molecule has 90 valence electrons. The summed E-state index contributed by atoms with van der Waals surface area (Å²) in [6, 6.07) is 5.86. The first-order valence-electron chi connectivity index (χ1n) is 6.05. The molecule has 0 atom stereocenters. The Morgan fingerprint density at radius 2 is 2.12 bits per heavy atom. The first kappa shape index (κ1) is 10.7. The molecule has 2 aliphatic heterocycles. The molecule has 0 aromatic heterocycles. The number of hydrogen-bond acceptors (Lipinski definition) is 4. The zero-order valence-electron chi connectivity index (χ0n) is 9.74. The molecule has 1 fully saturated rings. The van der Waals surface area contributed by atoms with Crippen molar-refractivity contribution in [1.82, 2.24) is 10.2 Å². The maximum absolute atomic E-state index is 11.6. The molecule has 4 heteroatoms. The summed E-state index contributed by atoms with van der Waals surface area (Å²) in [4.78, 5) is 13.9. The number of carbonyl (C=O) groups is 1. The van der Waals surface area contributed by atoms with E-state index in [4.69, 9.17) is 4.74 Å². The van der Waals surface area contributed by atoms with Crippen LogP contribution in [0.5, 0.6) is 5.75 Å². The van der Waals surface area contributed by atoms with Gasteiger partial charge in [-0.25, -0.2) is 0 Å². The number of ether oxygens (including phenoxy) is 1. The van der Waals surface area contributed by atoms with Gasteiger partial charge >= 0.3 is 0 Å². The quantitative estimate of drug-likeness (QED) is 0.813.